The first-order chi connectivity index (χ1) is 27.4. The van der Waals surface area contributed by atoms with E-state index >= 15 is 0 Å². The van der Waals surface area contributed by atoms with E-state index in [0.717, 1.165) is 11.1 Å². The van der Waals surface area contributed by atoms with Gasteiger partial charge in [0.15, 0.2) is 11.5 Å². The van der Waals surface area contributed by atoms with Crippen molar-refractivity contribution >= 4 is 12.1 Å². The number of amides is 1. The molecule has 316 valence electrons. The van der Waals surface area contributed by atoms with E-state index in [2.05, 4.69) is 0 Å². The SMILES string of the molecule is CCOC(=O)CCCOCCOCCOCCOCCN(C[C@@H](O)COc1ccc(OCc2ccc(F)cc2)c(OCc2ccc(F)cc2)c1)C(=O)OC(C)(C)C. The van der Waals surface area contributed by atoms with Crippen molar-refractivity contribution in [3.8, 4) is 17.2 Å². The highest BCUT2D eigenvalue weighted by Crippen LogP contribution is 2.33. The fourth-order valence-corrected chi connectivity index (χ4v) is 4.87. The molecule has 0 spiro atoms. The number of aliphatic hydroxyl groups excluding tert-OH is 1. The molecule has 57 heavy (non-hydrogen) atoms. The average Bonchev–Trinajstić information content (AvgIpc) is 3.17. The minimum absolute atomic E-state index is 0.0893. The Bertz CT molecular complexity index is 1570. The molecule has 0 heterocycles. The van der Waals surface area contributed by atoms with Crippen molar-refractivity contribution in [2.75, 3.05) is 79.2 Å². The summed E-state index contributed by atoms with van der Waals surface area (Å²) in [5, 5.41) is 10.9. The van der Waals surface area contributed by atoms with Gasteiger partial charge in [0, 0.05) is 25.6 Å². The number of esters is 1. The van der Waals surface area contributed by atoms with Crippen LogP contribution in [-0.2, 0) is 46.4 Å². The van der Waals surface area contributed by atoms with E-state index in [9.17, 15) is 23.5 Å². The number of rotatable bonds is 28. The summed E-state index contributed by atoms with van der Waals surface area (Å²) >= 11 is 0. The molecular weight excluding hydrogens is 748 g/mol. The van der Waals surface area contributed by atoms with Crippen LogP contribution in [0.2, 0.25) is 0 Å². The van der Waals surface area contributed by atoms with Crippen LogP contribution < -0.4 is 14.2 Å². The van der Waals surface area contributed by atoms with E-state index in [-0.39, 0.29) is 63.7 Å². The molecule has 3 aromatic carbocycles. The predicted octanol–water partition coefficient (Wildman–Crippen LogP) is 6.51. The number of carbonyl (C=O) groups excluding carboxylic acids is 2. The molecule has 1 amide bonds. The van der Waals surface area contributed by atoms with Gasteiger partial charge in [0.05, 0.1) is 59.4 Å². The molecule has 0 saturated heterocycles. The normalized spacial score (nSPS) is 11.8. The quantitative estimate of drug-likeness (QED) is 0.0632. The van der Waals surface area contributed by atoms with Gasteiger partial charge < -0.3 is 52.6 Å². The van der Waals surface area contributed by atoms with Crippen LogP contribution in [-0.4, -0.2) is 113 Å². The van der Waals surface area contributed by atoms with Gasteiger partial charge in [-0.3, -0.25) is 4.79 Å². The average molecular weight is 806 g/mol. The number of benzene rings is 3. The second-order valence-electron chi connectivity index (χ2n) is 13.7. The van der Waals surface area contributed by atoms with Crippen LogP contribution >= 0.6 is 0 Å². The molecule has 1 N–H and O–H groups in total. The first-order valence-corrected chi connectivity index (χ1v) is 19.1. The molecule has 3 aromatic rings. The van der Waals surface area contributed by atoms with Gasteiger partial charge in [0.1, 0.15) is 48.9 Å². The van der Waals surface area contributed by atoms with Crippen LogP contribution in [0.15, 0.2) is 66.7 Å². The van der Waals surface area contributed by atoms with E-state index < -0.39 is 17.8 Å². The monoisotopic (exact) mass is 805 g/mol. The van der Waals surface area contributed by atoms with Gasteiger partial charge in [0.25, 0.3) is 0 Å². The lowest BCUT2D eigenvalue weighted by Crippen LogP contribution is -2.44. The first-order valence-electron chi connectivity index (χ1n) is 19.1. The fraction of sp³-hybridized carbons (Fsp3) is 0.524. The molecule has 0 fully saturated rings. The van der Waals surface area contributed by atoms with Crippen molar-refractivity contribution in [1.82, 2.24) is 4.90 Å². The number of ether oxygens (including phenoxy) is 9. The molecule has 0 bridgehead atoms. The lowest BCUT2D eigenvalue weighted by Gasteiger charge is -2.29. The van der Waals surface area contributed by atoms with Crippen molar-refractivity contribution in [3.63, 3.8) is 0 Å². The maximum Gasteiger partial charge on any atom is 0.410 e. The zero-order valence-corrected chi connectivity index (χ0v) is 33.4. The smallest absolute Gasteiger partial charge is 0.410 e. The molecule has 0 aliphatic rings. The second-order valence-corrected chi connectivity index (χ2v) is 13.7. The summed E-state index contributed by atoms with van der Waals surface area (Å²) in [4.78, 5) is 25.7. The Kier molecular flexibility index (Phi) is 21.7. The van der Waals surface area contributed by atoms with Crippen molar-refractivity contribution in [2.45, 2.75) is 65.5 Å². The van der Waals surface area contributed by atoms with Gasteiger partial charge in [-0.15, -0.1) is 0 Å². The highest BCUT2D eigenvalue weighted by atomic mass is 19.1. The molecule has 0 aromatic heterocycles. The van der Waals surface area contributed by atoms with Crippen molar-refractivity contribution in [2.24, 2.45) is 0 Å². The van der Waals surface area contributed by atoms with E-state index in [4.69, 9.17) is 42.6 Å². The predicted molar refractivity (Wildman–Crippen MR) is 206 cm³/mol. The van der Waals surface area contributed by atoms with Gasteiger partial charge >= 0.3 is 12.1 Å². The molecule has 1 atom stereocenters. The number of hydrogen-bond acceptors (Lipinski definition) is 12. The maximum absolute atomic E-state index is 13.4. The first kappa shape index (κ1) is 46.8. The molecule has 0 aliphatic heterocycles. The van der Waals surface area contributed by atoms with E-state index in [1.54, 1.807) is 70.2 Å². The molecule has 0 radical (unpaired) electrons. The summed E-state index contributed by atoms with van der Waals surface area (Å²) in [6.07, 6.45) is -0.770. The van der Waals surface area contributed by atoms with E-state index in [1.165, 1.54) is 29.2 Å². The Hall–Kier alpha value is -4.54. The summed E-state index contributed by atoms with van der Waals surface area (Å²) in [5.74, 6) is 0.156. The number of hydrogen-bond donors (Lipinski definition) is 1. The third-order valence-corrected chi connectivity index (χ3v) is 7.65. The van der Waals surface area contributed by atoms with Crippen LogP contribution in [0.3, 0.4) is 0 Å². The maximum atomic E-state index is 13.4. The van der Waals surface area contributed by atoms with E-state index in [1.807, 2.05) is 0 Å². The summed E-state index contributed by atoms with van der Waals surface area (Å²) < 4.78 is 77.2. The van der Waals surface area contributed by atoms with Crippen LogP contribution in [0.4, 0.5) is 13.6 Å². The van der Waals surface area contributed by atoms with Gasteiger partial charge in [0.2, 0.25) is 0 Å². The topological polar surface area (TPSA) is 141 Å². The lowest BCUT2D eigenvalue weighted by atomic mass is 10.2. The minimum Gasteiger partial charge on any atom is -0.491 e. The van der Waals surface area contributed by atoms with Gasteiger partial charge in [-0.2, -0.15) is 0 Å². The Balaban J connectivity index is 1.42. The molecule has 0 saturated carbocycles. The zero-order valence-electron chi connectivity index (χ0n) is 33.4. The van der Waals surface area contributed by atoms with E-state index in [0.29, 0.717) is 76.3 Å². The van der Waals surface area contributed by atoms with Crippen LogP contribution in [0.25, 0.3) is 0 Å². The summed E-state index contributed by atoms with van der Waals surface area (Å²) in [6.45, 7) is 10.4. The molecule has 0 unspecified atom stereocenters. The Morgan fingerprint density at radius 2 is 1.23 bits per heavy atom. The molecule has 0 aliphatic carbocycles. The fourth-order valence-electron chi connectivity index (χ4n) is 4.87. The standard InChI is InChI=1S/C42H57F2NO12/c1-5-53-40(47)7-6-19-49-21-23-51-25-26-52-24-22-50-20-18-45(41(48)57-42(2,3)4)28-36(46)31-54-37-16-17-38(55-29-32-8-12-34(43)13-9-32)39(27-37)56-30-33-10-14-35(44)15-11-33/h8-17,27,36,46H,5-7,18-26,28-31H2,1-4H3/t36-/m1/s1. The summed E-state index contributed by atoms with van der Waals surface area (Å²) in [5.41, 5.74) is 0.722. The molecule has 13 nitrogen and oxygen atoms in total. The van der Waals surface area contributed by atoms with Gasteiger partial charge in [-0.05, 0) is 81.6 Å². The summed E-state index contributed by atoms with van der Waals surface area (Å²) in [6, 6.07) is 16.7. The third kappa shape index (κ3) is 21.0. The highest BCUT2D eigenvalue weighted by molar-refractivity contribution is 5.69. The lowest BCUT2D eigenvalue weighted by molar-refractivity contribution is -0.143. The van der Waals surface area contributed by atoms with Crippen LogP contribution in [0.5, 0.6) is 17.2 Å². The number of carbonyl (C=O) groups is 2. The van der Waals surface area contributed by atoms with Crippen molar-refractivity contribution in [3.05, 3.63) is 89.5 Å². The zero-order chi connectivity index (χ0) is 41.3. The number of aliphatic hydroxyl groups is 1. The van der Waals surface area contributed by atoms with Gasteiger partial charge in [-0.25, -0.2) is 13.6 Å². The highest BCUT2D eigenvalue weighted by Gasteiger charge is 2.24. The van der Waals surface area contributed by atoms with Crippen LogP contribution in [0.1, 0.15) is 51.7 Å². The number of halogens is 2. The molecule has 15 heteroatoms. The summed E-state index contributed by atoms with van der Waals surface area (Å²) in [7, 11) is 0. The number of nitrogens with zero attached hydrogens (tertiary/aromatic N) is 1. The Labute approximate surface area is 334 Å². The molecule has 3 rings (SSSR count). The van der Waals surface area contributed by atoms with Gasteiger partial charge in [-0.1, -0.05) is 24.3 Å². The third-order valence-electron chi connectivity index (χ3n) is 7.65. The van der Waals surface area contributed by atoms with Crippen molar-refractivity contribution < 1.29 is 66.1 Å². The Morgan fingerprint density at radius 1 is 0.702 bits per heavy atom. The van der Waals surface area contributed by atoms with Crippen molar-refractivity contribution in [1.29, 1.82) is 0 Å². The van der Waals surface area contributed by atoms with Crippen LogP contribution in [0, 0.1) is 11.6 Å². The minimum atomic E-state index is -1.09. The Morgan fingerprint density at radius 3 is 1.77 bits per heavy atom. The largest absolute Gasteiger partial charge is 0.491 e. The molecular formula is C42H57F2NO12. The second kappa shape index (κ2) is 26.4.